The Morgan fingerprint density at radius 3 is 3.00 bits per heavy atom. The molecule has 0 bridgehead atoms. The smallest absolute Gasteiger partial charge is 0.407 e. The number of cyclic esters (lactones) is 1. The third kappa shape index (κ3) is 1.61. The molecule has 1 aromatic rings. The molecule has 0 aliphatic carbocycles. The molecule has 4 nitrogen and oxygen atoms in total. The van der Waals surface area contributed by atoms with Crippen molar-refractivity contribution in [2.24, 2.45) is 0 Å². The van der Waals surface area contributed by atoms with Crippen molar-refractivity contribution in [1.82, 2.24) is 10.3 Å². The lowest BCUT2D eigenvalue weighted by Crippen LogP contribution is -2.19. The minimum absolute atomic E-state index is 0.0897. The monoisotopic (exact) mass is 178 g/mol. The summed E-state index contributed by atoms with van der Waals surface area (Å²) in [5.74, 6) is 0. The van der Waals surface area contributed by atoms with Crippen molar-refractivity contribution < 1.29 is 9.53 Å². The highest BCUT2D eigenvalue weighted by Gasteiger charge is 2.24. The second kappa shape index (κ2) is 3.05. The predicted molar refractivity (Wildman–Crippen MR) is 46.2 cm³/mol. The first kappa shape index (κ1) is 8.04. The number of pyridine rings is 1. The van der Waals surface area contributed by atoms with Crippen LogP contribution in [-0.2, 0) is 4.74 Å². The number of aryl methyl sites for hydroxylation is 1. The summed E-state index contributed by atoms with van der Waals surface area (Å²) >= 11 is 0. The van der Waals surface area contributed by atoms with E-state index in [9.17, 15) is 4.79 Å². The Morgan fingerprint density at radius 2 is 2.46 bits per heavy atom. The van der Waals surface area contributed by atoms with Gasteiger partial charge in [0.25, 0.3) is 0 Å². The SMILES string of the molecule is Cc1ccc([C@H]2COC(=O)N2)nc1. The summed E-state index contributed by atoms with van der Waals surface area (Å²) < 4.78 is 4.76. The van der Waals surface area contributed by atoms with Crippen molar-refractivity contribution >= 4 is 6.09 Å². The quantitative estimate of drug-likeness (QED) is 0.702. The molecular weight excluding hydrogens is 168 g/mol. The average molecular weight is 178 g/mol. The van der Waals surface area contributed by atoms with Gasteiger partial charge in [0.05, 0.1) is 5.69 Å². The van der Waals surface area contributed by atoms with Gasteiger partial charge < -0.3 is 10.1 Å². The Kier molecular flexibility index (Phi) is 1.88. The number of amides is 1. The molecule has 1 saturated heterocycles. The average Bonchev–Trinajstić information content (AvgIpc) is 2.53. The second-order valence-corrected chi connectivity index (χ2v) is 3.06. The molecule has 1 fully saturated rings. The molecule has 1 aliphatic rings. The fourth-order valence-corrected chi connectivity index (χ4v) is 1.23. The molecular formula is C9H10N2O2. The molecule has 2 rings (SSSR count). The molecule has 2 heterocycles. The van der Waals surface area contributed by atoms with Gasteiger partial charge in [0.15, 0.2) is 0 Å². The van der Waals surface area contributed by atoms with Crippen LogP contribution in [0.1, 0.15) is 17.3 Å². The van der Waals surface area contributed by atoms with Crippen LogP contribution in [0, 0.1) is 6.92 Å². The highest BCUT2D eigenvalue weighted by Crippen LogP contribution is 2.15. The van der Waals surface area contributed by atoms with Crippen molar-refractivity contribution in [3.05, 3.63) is 29.6 Å². The highest BCUT2D eigenvalue weighted by atomic mass is 16.6. The first-order valence-electron chi connectivity index (χ1n) is 4.11. The number of rotatable bonds is 1. The van der Waals surface area contributed by atoms with Crippen molar-refractivity contribution in [3.8, 4) is 0 Å². The van der Waals surface area contributed by atoms with Crippen LogP contribution in [0.2, 0.25) is 0 Å². The van der Waals surface area contributed by atoms with E-state index in [1.165, 1.54) is 0 Å². The van der Waals surface area contributed by atoms with Gasteiger partial charge in [0, 0.05) is 6.20 Å². The minimum Gasteiger partial charge on any atom is -0.447 e. The molecule has 1 aromatic heterocycles. The maximum Gasteiger partial charge on any atom is 0.407 e. The molecule has 1 amide bonds. The molecule has 1 N–H and O–H groups in total. The van der Waals surface area contributed by atoms with Crippen molar-refractivity contribution in [2.45, 2.75) is 13.0 Å². The van der Waals surface area contributed by atoms with Crippen molar-refractivity contribution in [1.29, 1.82) is 0 Å². The molecule has 13 heavy (non-hydrogen) atoms. The van der Waals surface area contributed by atoms with Gasteiger partial charge in [-0.05, 0) is 18.6 Å². The van der Waals surface area contributed by atoms with Gasteiger partial charge in [0.1, 0.15) is 12.6 Å². The van der Waals surface area contributed by atoms with E-state index in [4.69, 9.17) is 4.74 Å². The number of ether oxygens (including phenoxy) is 1. The number of hydrogen-bond donors (Lipinski definition) is 1. The number of carbonyl (C=O) groups is 1. The Morgan fingerprint density at radius 1 is 1.62 bits per heavy atom. The Hall–Kier alpha value is -1.58. The van der Waals surface area contributed by atoms with E-state index in [0.717, 1.165) is 11.3 Å². The van der Waals surface area contributed by atoms with Crippen molar-refractivity contribution in [2.75, 3.05) is 6.61 Å². The summed E-state index contributed by atoms with van der Waals surface area (Å²) in [6.07, 6.45) is 1.41. The maximum absolute atomic E-state index is 10.7. The molecule has 0 radical (unpaired) electrons. The number of aromatic nitrogens is 1. The zero-order valence-electron chi connectivity index (χ0n) is 7.28. The summed E-state index contributed by atoms with van der Waals surface area (Å²) in [7, 11) is 0. The van der Waals surface area contributed by atoms with Gasteiger partial charge in [-0.3, -0.25) is 4.98 Å². The fourth-order valence-electron chi connectivity index (χ4n) is 1.23. The van der Waals surface area contributed by atoms with E-state index in [-0.39, 0.29) is 12.1 Å². The van der Waals surface area contributed by atoms with Crippen LogP contribution < -0.4 is 5.32 Å². The maximum atomic E-state index is 10.7. The van der Waals surface area contributed by atoms with Crippen LogP contribution in [0.3, 0.4) is 0 Å². The number of carbonyl (C=O) groups excluding carboxylic acids is 1. The van der Waals surface area contributed by atoms with Gasteiger partial charge in [-0.2, -0.15) is 0 Å². The molecule has 0 saturated carbocycles. The molecule has 0 spiro atoms. The number of nitrogens with zero attached hydrogens (tertiary/aromatic N) is 1. The standard InChI is InChI=1S/C9H10N2O2/c1-6-2-3-7(10-4-6)8-5-13-9(12)11-8/h2-4,8H,5H2,1H3,(H,11,12)/t8-/m1/s1. The fraction of sp³-hybridized carbons (Fsp3) is 0.333. The first-order chi connectivity index (χ1) is 6.25. The number of alkyl carbamates (subject to hydrolysis) is 1. The third-order valence-electron chi connectivity index (χ3n) is 1.96. The number of nitrogens with one attached hydrogen (secondary N) is 1. The molecule has 4 heteroatoms. The lowest BCUT2D eigenvalue weighted by molar-refractivity contribution is 0.177. The second-order valence-electron chi connectivity index (χ2n) is 3.06. The Balaban J connectivity index is 2.17. The van der Waals surface area contributed by atoms with Crippen LogP contribution in [0.25, 0.3) is 0 Å². The zero-order valence-corrected chi connectivity index (χ0v) is 7.28. The van der Waals surface area contributed by atoms with Gasteiger partial charge in [-0.15, -0.1) is 0 Å². The van der Waals surface area contributed by atoms with E-state index in [1.807, 2.05) is 19.1 Å². The third-order valence-corrected chi connectivity index (χ3v) is 1.96. The van der Waals surface area contributed by atoms with Crippen LogP contribution >= 0.6 is 0 Å². The van der Waals surface area contributed by atoms with E-state index in [2.05, 4.69) is 10.3 Å². The van der Waals surface area contributed by atoms with Gasteiger partial charge in [0.2, 0.25) is 0 Å². The van der Waals surface area contributed by atoms with Crippen molar-refractivity contribution in [3.63, 3.8) is 0 Å². The Bertz CT molecular complexity index is 321. The predicted octanol–water partition coefficient (Wildman–Crippen LogP) is 1.17. The summed E-state index contributed by atoms with van der Waals surface area (Å²) in [5.41, 5.74) is 1.95. The topological polar surface area (TPSA) is 51.2 Å². The van der Waals surface area contributed by atoms with Crippen LogP contribution in [-0.4, -0.2) is 17.7 Å². The van der Waals surface area contributed by atoms with Crippen LogP contribution in [0.5, 0.6) is 0 Å². The van der Waals surface area contributed by atoms with E-state index >= 15 is 0 Å². The normalized spacial score (nSPS) is 21.0. The van der Waals surface area contributed by atoms with Crippen LogP contribution in [0.15, 0.2) is 18.3 Å². The van der Waals surface area contributed by atoms with E-state index in [0.29, 0.717) is 6.61 Å². The van der Waals surface area contributed by atoms with Gasteiger partial charge >= 0.3 is 6.09 Å². The molecule has 1 atom stereocenters. The number of hydrogen-bond acceptors (Lipinski definition) is 3. The largest absolute Gasteiger partial charge is 0.447 e. The van der Waals surface area contributed by atoms with E-state index < -0.39 is 0 Å². The summed E-state index contributed by atoms with van der Waals surface area (Å²) in [6, 6.07) is 3.77. The summed E-state index contributed by atoms with van der Waals surface area (Å²) in [4.78, 5) is 14.9. The summed E-state index contributed by atoms with van der Waals surface area (Å²) in [5, 5.41) is 2.67. The lowest BCUT2D eigenvalue weighted by Gasteiger charge is -2.05. The van der Waals surface area contributed by atoms with E-state index in [1.54, 1.807) is 6.20 Å². The molecule has 0 aromatic carbocycles. The zero-order chi connectivity index (χ0) is 9.26. The van der Waals surface area contributed by atoms with Gasteiger partial charge in [-0.25, -0.2) is 4.79 Å². The Labute approximate surface area is 75.9 Å². The molecule has 68 valence electrons. The lowest BCUT2D eigenvalue weighted by atomic mass is 10.2. The highest BCUT2D eigenvalue weighted by molar-refractivity contribution is 5.69. The first-order valence-corrected chi connectivity index (χ1v) is 4.11. The molecule has 1 aliphatic heterocycles. The van der Waals surface area contributed by atoms with Gasteiger partial charge in [-0.1, -0.05) is 6.07 Å². The minimum atomic E-state index is -0.368. The summed E-state index contributed by atoms with van der Waals surface area (Å²) in [6.45, 7) is 2.34. The van der Waals surface area contributed by atoms with Crippen LogP contribution in [0.4, 0.5) is 4.79 Å². The molecule has 0 unspecified atom stereocenters.